The lowest BCUT2D eigenvalue weighted by Crippen LogP contribution is -2.45. The number of rotatable bonds is 8. The summed E-state index contributed by atoms with van der Waals surface area (Å²) in [6.45, 7) is 1.84. The number of aliphatic hydroxyl groups excluding tert-OH is 1. The van der Waals surface area contributed by atoms with E-state index in [1.165, 1.54) is 0 Å². The fourth-order valence-electron chi connectivity index (χ4n) is 4.48. The molecule has 1 saturated heterocycles. The number of nitrogens with two attached hydrogens (primary N) is 1. The van der Waals surface area contributed by atoms with E-state index in [1.807, 2.05) is 23.1 Å². The van der Waals surface area contributed by atoms with E-state index in [1.54, 1.807) is 30.3 Å². The molecule has 186 valence electrons. The van der Waals surface area contributed by atoms with E-state index in [4.69, 9.17) is 14.9 Å². The number of primary amides is 1. The van der Waals surface area contributed by atoms with Crippen LogP contribution in [-0.2, 0) is 7.05 Å². The zero-order valence-electron chi connectivity index (χ0n) is 19.7. The van der Waals surface area contributed by atoms with Gasteiger partial charge in [0.05, 0.1) is 36.5 Å². The molecule has 1 aliphatic heterocycles. The zero-order chi connectivity index (χ0) is 24.8. The third-order valence-electron chi connectivity index (χ3n) is 6.61. The lowest BCUT2D eigenvalue weighted by atomic mass is 9.83. The smallest absolute Gasteiger partial charge is 0.298 e. The van der Waals surface area contributed by atoms with Gasteiger partial charge in [0.2, 0.25) is 0 Å². The molecular weight excluding hydrogens is 464 g/mol. The van der Waals surface area contributed by atoms with Gasteiger partial charge in [-0.1, -0.05) is 0 Å². The van der Waals surface area contributed by atoms with Crippen molar-refractivity contribution in [3.63, 3.8) is 0 Å². The maximum atomic E-state index is 12.0. The molecule has 2 fully saturated rings. The van der Waals surface area contributed by atoms with E-state index in [-0.39, 0.29) is 17.7 Å². The van der Waals surface area contributed by atoms with Crippen LogP contribution in [0.2, 0.25) is 0 Å². The molecule has 4 aromatic rings. The summed E-state index contributed by atoms with van der Waals surface area (Å²) in [4.78, 5) is 27.5. The number of aromatic nitrogens is 5. The summed E-state index contributed by atoms with van der Waals surface area (Å²) in [5, 5.41) is 16.6. The van der Waals surface area contributed by atoms with E-state index >= 15 is 0 Å². The van der Waals surface area contributed by atoms with Gasteiger partial charge in [-0.3, -0.25) is 9.48 Å². The molecule has 4 heterocycles. The molecule has 0 unspecified atom stereocenters. The van der Waals surface area contributed by atoms with Crippen LogP contribution in [0.15, 0.2) is 41.2 Å². The van der Waals surface area contributed by atoms with Gasteiger partial charge in [-0.15, -0.1) is 0 Å². The van der Waals surface area contributed by atoms with Crippen molar-refractivity contribution in [2.24, 2.45) is 18.7 Å². The Hall–Kier alpha value is -4.19. The fourth-order valence-corrected chi connectivity index (χ4v) is 4.48. The Labute approximate surface area is 206 Å². The van der Waals surface area contributed by atoms with Crippen molar-refractivity contribution in [1.29, 1.82) is 0 Å². The average molecular weight is 491 g/mol. The second kappa shape index (κ2) is 8.79. The fraction of sp³-hybridized carbons (Fsp3) is 0.375. The molecule has 36 heavy (non-hydrogen) atoms. The Morgan fingerprint density at radius 1 is 1.28 bits per heavy atom. The van der Waals surface area contributed by atoms with Crippen LogP contribution >= 0.6 is 0 Å². The predicted octanol–water partition coefficient (Wildman–Crippen LogP) is 1.95. The Balaban J connectivity index is 1.11. The molecule has 0 radical (unpaired) electrons. The van der Waals surface area contributed by atoms with Crippen LogP contribution in [0.3, 0.4) is 0 Å². The van der Waals surface area contributed by atoms with Crippen molar-refractivity contribution in [3.8, 4) is 5.75 Å². The monoisotopic (exact) mass is 490 g/mol. The van der Waals surface area contributed by atoms with Crippen LogP contribution in [0, 0.1) is 5.92 Å². The normalized spacial score (nSPS) is 19.7. The molecule has 1 amide bonds. The number of carbonyl (C=O) groups is 1. The second-order valence-corrected chi connectivity index (χ2v) is 9.41. The molecule has 6 rings (SSSR count). The second-order valence-electron chi connectivity index (χ2n) is 9.41. The first-order chi connectivity index (χ1) is 17.4. The Bertz CT molecular complexity index is 1420. The van der Waals surface area contributed by atoms with Gasteiger partial charge in [0, 0.05) is 38.3 Å². The average Bonchev–Trinajstić information content (AvgIpc) is 3.40. The van der Waals surface area contributed by atoms with Crippen LogP contribution in [0.1, 0.15) is 34.9 Å². The number of nitrogens with zero attached hydrogens (tertiary/aromatic N) is 6. The Morgan fingerprint density at radius 2 is 2.11 bits per heavy atom. The van der Waals surface area contributed by atoms with Crippen molar-refractivity contribution in [3.05, 3.63) is 48.2 Å². The summed E-state index contributed by atoms with van der Waals surface area (Å²) in [6, 6.07) is 6.13. The van der Waals surface area contributed by atoms with Gasteiger partial charge in [-0.25, -0.2) is 9.97 Å². The van der Waals surface area contributed by atoms with E-state index in [9.17, 15) is 9.90 Å². The van der Waals surface area contributed by atoms with Gasteiger partial charge >= 0.3 is 0 Å². The van der Waals surface area contributed by atoms with Crippen molar-refractivity contribution in [2.75, 3.05) is 29.9 Å². The molecule has 3 aromatic heterocycles. The van der Waals surface area contributed by atoms with Crippen molar-refractivity contribution in [2.45, 2.75) is 24.9 Å². The van der Waals surface area contributed by atoms with E-state index in [2.05, 4.69) is 25.4 Å². The third-order valence-corrected chi connectivity index (χ3v) is 6.61. The van der Waals surface area contributed by atoms with Gasteiger partial charge < -0.3 is 30.2 Å². The first kappa shape index (κ1) is 22.3. The number of fused-ring (bicyclic) bond motifs is 1. The highest BCUT2D eigenvalue weighted by molar-refractivity contribution is 5.96. The number of oxazole rings is 1. The van der Waals surface area contributed by atoms with E-state index in [0.717, 1.165) is 24.1 Å². The summed E-state index contributed by atoms with van der Waals surface area (Å²) in [5.41, 5.74) is 8.43. The van der Waals surface area contributed by atoms with E-state index in [0.29, 0.717) is 54.4 Å². The van der Waals surface area contributed by atoms with E-state index < -0.39 is 5.91 Å². The number of hydrogen-bond acceptors (Lipinski definition) is 10. The summed E-state index contributed by atoms with van der Waals surface area (Å²) < 4.78 is 13.5. The van der Waals surface area contributed by atoms with Crippen molar-refractivity contribution in [1.82, 2.24) is 24.7 Å². The van der Waals surface area contributed by atoms with Gasteiger partial charge in [-0.2, -0.15) is 10.1 Å². The van der Waals surface area contributed by atoms with Gasteiger partial charge in [0.15, 0.2) is 17.1 Å². The molecule has 0 spiro atoms. The van der Waals surface area contributed by atoms with Gasteiger partial charge in [-0.05, 0) is 30.9 Å². The standard InChI is InChI=1S/C24H26N8O4/c1-31-11-15(7-27-31)28-23-21(22(25)34)29-19(8-26-23)14-9-32(10-14)24-30-18-3-2-17(6-20(18)36-24)35-12-13-4-16(33)5-13/h2-3,6-8,11,13-14,16,33H,4-5,9-10,12H2,1H3,(H2,25,34)(H,26,28). The van der Waals surface area contributed by atoms with Crippen LogP contribution in [0.5, 0.6) is 5.75 Å². The SMILES string of the molecule is Cn1cc(Nc2ncc(C3CN(c4nc5ccc(OCC6CC(O)C6)cc5o4)C3)nc2C(N)=O)cn1. The molecule has 12 nitrogen and oxygen atoms in total. The van der Waals surface area contributed by atoms with Crippen LogP contribution in [0.25, 0.3) is 11.1 Å². The third kappa shape index (κ3) is 4.31. The number of aliphatic hydroxyl groups is 1. The molecule has 1 aliphatic carbocycles. The van der Waals surface area contributed by atoms with Crippen LogP contribution in [0.4, 0.5) is 17.5 Å². The summed E-state index contributed by atoms with van der Waals surface area (Å²) in [7, 11) is 1.80. The van der Waals surface area contributed by atoms with Crippen molar-refractivity contribution >= 4 is 34.5 Å². The number of nitrogens with one attached hydrogen (secondary N) is 1. The summed E-state index contributed by atoms with van der Waals surface area (Å²) in [5.74, 6) is 0.827. The molecule has 2 aliphatic rings. The molecule has 0 atom stereocenters. The minimum atomic E-state index is -0.655. The Morgan fingerprint density at radius 3 is 2.83 bits per heavy atom. The number of benzene rings is 1. The summed E-state index contributed by atoms with van der Waals surface area (Å²) in [6.07, 6.45) is 6.44. The maximum absolute atomic E-state index is 12.0. The number of ether oxygens (including phenoxy) is 1. The van der Waals surface area contributed by atoms with Crippen LogP contribution < -0.4 is 20.7 Å². The maximum Gasteiger partial charge on any atom is 0.298 e. The topological polar surface area (TPSA) is 157 Å². The highest BCUT2D eigenvalue weighted by atomic mass is 16.5. The first-order valence-electron chi connectivity index (χ1n) is 11.8. The van der Waals surface area contributed by atoms with Gasteiger partial charge in [0.25, 0.3) is 11.9 Å². The Kier molecular flexibility index (Phi) is 5.44. The van der Waals surface area contributed by atoms with Crippen molar-refractivity contribution < 1.29 is 19.1 Å². The molecule has 0 bridgehead atoms. The number of aryl methyl sites for hydroxylation is 1. The minimum absolute atomic E-state index is 0.0646. The molecular formula is C24H26N8O4. The van der Waals surface area contributed by atoms with Crippen LogP contribution in [-0.4, -0.2) is 61.5 Å². The molecule has 4 N–H and O–H groups in total. The molecule has 1 aromatic carbocycles. The number of hydrogen-bond donors (Lipinski definition) is 3. The predicted molar refractivity (Wildman–Crippen MR) is 130 cm³/mol. The van der Waals surface area contributed by atoms with Gasteiger partial charge in [0.1, 0.15) is 11.3 Å². The number of amides is 1. The lowest BCUT2D eigenvalue weighted by molar-refractivity contribution is 0.0203. The lowest BCUT2D eigenvalue weighted by Gasteiger charge is -2.37. The largest absolute Gasteiger partial charge is 0.493 e. The molecule has 12 heteroatoms. The highest BCUT2D eigenvalue weighted by Crippen LogP contribution is 2.34. The number of anilines is 3. The first-order valence-corrected chi connectivity index (χ1v) is 11.8. The highest BCUT2D eigenvalue weighted by Gasteiger charge is 2.33. The minimum Gasteiger partial charge on any atom is -0.493 e. The number of carbonyl (C=O) groups excluding carboxylic acids is 1. The zero-order valence-corrected chi connectivity index (χ0v) is 19.7. The quantitative estimate of drug-likeness (QED) is 0.333. The molecule has 1 saturated carbocycles. The summed E-state index contributed by atoms with van der Waals surface area (Å²) >= 11 is 0.